The van der Waals surface area contributed by atoms with Gasteiger partial charge in [0.25, 0.3) is 0 Å². The Kier molecular flexibility index (Phi) is 3.25. The zero-order valence-corrected chi connectivity index (χ0v) is 7.62. The third kappa shape index (κ3) is 2.32. The fourth-order valence-electron chi connectivity index (χ4n) is 0.937. The standard InChI is InChI=1S/C8H16N4/c1-7(5-9)10-6-8-3-4-11-12(8)2/h3-4,7,10H,5-6,9H2,1-2H3/t7-/m0/s1. The number of nitrogens with one attached hydrogen (secondary N) is 1. The molecule has 0 saturated heterocycles. The normalized spacial score (nSPS) is 13.2. The highest BCUT2D eigenvalue weighted by atomic mass is 15.3. The van der Waals surface area contributed by atoms with E-state index in [0.29, 0.717) is 12.6 Å². The fraction of sp³-hybridized carbons (Fsp3) is 0.625. The first-order valence-electron chi connectivity index (χ1n) is 4.14. The molecule has 0 fully saturated rings. The summed E-state index contributed by atoms with van der Waals surface area (Å²) in [5.74, 6) is 0. The van der Waals surface area contributed by atoms with Crippen LogP contribution in [0.4, 0.5) is 0 Å². The highest BCUT2D eigenvalue weighted by Gasteiger charge is 2.00. The van der Waals surface area contributed by atoms with Crippen molar-refractivity contribution in [2.45, 2.75) is 19.5 Å². The van der Waals surface area contributed by atoms with E-state index in [1.54, 1.807) is 6.20 Å². The summed E-state index contributed by atoms with van der Waals surface area (Å²) in [6, 6.07) is 2.36. The van der Waals surface area contributed by atoms with E-state index in [4.69, 9.17) is 5.73 Å². The molecule has 0 amide bonds. The third-order valence-electron chi connectivity index (χ3n) is 1.91. The van der Waals surface area contributed by atoms with E-state index >= 15 is 0 Å². The number of aromatic nitrogens is 2. The topological polar surface area (TPSA) is 55.9 Å². The molecule has 0 aromatic carbocycles. The van der Waals surface area contributed by atoms with Gasteiger partial charge in [0.1, 0.15) is 0 Å². The second-order valence-corrected chi connectivity index (χ2v) is 2.96. The van der Waals surface area contributed by atoms with Crippen LogP contribution in [0.15, 0.2) is 12.3 Å². The molecule has 4 nitrogen and oxygen atoms in total. The number of rotatable bonds is 4. The lowest BCUT2D eigenvalue weighted by Crippen LogP contribution is -2.33. The lowest BCUT2D eigenvalue weighted by atomic mass is 10.3. The summed E-state index contributed by atoms with van der Waals surface area (Å²) in [5, 5.41) is 7.36. The van der Waals surface area contributed by atoms with Crippen molar-refractivity contribution >= 4 is 0 Å². The van der Waals surface area contributed by atoms with Crippen LogP contribution in [0.3, 0.4) is 0 Å². The maximum atomic E-state index is 5.46. The van der Waals surface area contributed by atoms with E-state index in [9.17, 15) is 0 Å². The van der Waals surface area contributed by atoms with Crippen LogP contribution in [0.5, 0.6) is 0 Å². The largest absolute Gasteiger partial charge is 0.329 e. The molecular weight excluding hydrogens is 152 g/mol. The molecule has 68 valence electrons. The Morgan fingerprint density at radius 3 is 3.00 bits per heavy atom. The molecule has 0 spiro atoms. The predicted octanol–water partition coefficient (Wildman–Crippen LogP) is -0.143. The molecule has 1 aromatic rings. The quantitative estimate of drug-likeness (QED) is 0.657. The predicted molar refractivity (Wildman–Crippen MR) is 48.6 cm³/mol. The Labute approximate surface area is 72.8 Å². The van der Waals surface area contributed by atoms with Crippen LogP contribution in [0.25, 0.3) is 0 Å². The second-order valence-electron chi connectivity index (χ2n) is 2.96. The maximum absolute atomic E-state index is 5.46. The minimum atomic E-state index is 0.361. The average Bonchev–Trinajstić information content (AvgIpc) is 2.47. The van der Waals surface area contributed by atoms with Gasteiger partial charge < -0.3 is 11.1 Å². The summed E-state index contributed by atoms with van der Waals surface area (Å²) in [6.07, 6.45) is 1.80. The summed E-state index contributed by atoms with van der Waals surface area (Å²) < 4.78 is 1.86. The SMILES string of the molecule is C[C@@H](CN)NCc1ccnn1C. The smallest absolute Gasteiger partial charge is 0.0518 e. The van der Waals surface area contributed by atoms with Crippen molar-refractivity contribution in [2.75, 3.05) is 6.54 Å². The molecule has 3 N–H and O–H groups in total. The van der Waals surface area contributed by atoms with Gasteiger partial charge in [0.15, 0.2) is 0 Å². The van der Waals surface area contributed by atoms with Crippen molar-refractivity contribution in [3.8, 4) is 0 Å². The summed E-state index contributed by atoms with van der Waals surface area (Å²) in [7, 11) is 1.93. The molecule has 0 aliphatic heterocycles. The molecule has 0 aliphatic rings. The van der Waals surface area contributed by atoms with Gasteiger partial charge in [-0.2, -0.15) is 5.10 Å². The molecule has 1 heterocycles. The highest BCUT2D eigenvalue weighted by Crippen LogP contribution is 1.95. The third-order valence-corrected chi connectivity index (χ3v) is 1.91. The monoisotopic (exact) mass is 168 g/mol. The maximum Gasteiger partial charge on any atom is 0.0518 e. The van der Waals surface area contributed by atoms with Crippen molar-refractivity contribution in [2.24, 2.45) is 12.8 Å². The lowest BCUT2D eigenvalue weighted by Gasteiger charge is -2.10. The molecule has 1 atom stereocenters. The first-order valence-corrected chi connectivity index (χ1v) is 4.14. The van der Waals surface area contributed by atoms with Crippen LogP contribution in [-0.2, 0) is 13.6 Å². The fourth-order valence-corrected chi connectivity index (χ4v) is 0.937. The molecular formula is C8H16N4. The van der Waals surface area contributed by atoms with Crippen LogP contribution in [-0.4, -0.2) is 22.4 Å². The van der Waals surface area contributed by atoms with Gasteiger partial charge in [0, 0.05) is 32.4 Å². The molecule has 0 radical (unpaired) electrons. The van der Waals surface area contributed by atoms with Gasteiger partial charge in [-0.05, 0) is 13.0 Å². The Morgan fingerprint density at radius 2 is 2.50 bits per heavy atom. The number of nitrogens with zero attached hydrogens (tertiary/aromatic N) is 2. The van der Waals surface area contributed by atoms with E-state index in [2.05, 4.69) is 17.3 Å². The van der Waals surface area contributed by atoms with Crippen molar-refractivity contribution in [3.63, 3.8) is 0 Å². The van der Waals surface area contributed by atoms with Crippen LogP contribution < -0.4 is 11.1 Å². The lowest BCUT2D eigenvalue weighted by molar-refractivity contribution is 0.535. The van der Waals surface area contributed by atoms with Crippen molar-refractivity contribution in [3.05, 3.63) is 18.0 Å². The molecule has 12 heavy (non-hydrogen) atoms. The minimum absolute atomic E-state index is 0.361. The molecule has 0 aliphatic carbocycles. The summed E-state index contributed by atoms with van der Waals surface area (Å²) in [6.45, 7) is 3.56. The van der Waals surface area contributed by atoms with Gasteiger partial charge in [-0.25, -0.2) is 0 Å². The van der Waals surface area contributed by atoms with Crippen LogP contribution in [0.1, 0.15) is 12.6 Å². The van der Waals surface area contributed by atoms with Gasteiger partial charge in [0.2, 0.25) is 0 Å². The van der Waals surface area contributed by atoms with Gasteiger partial charge in [-0.1, -0.05) is 0 Å². The van der Waals surface area contributed by atoms with Crippen LogP contribution >= 0.6 is 0 Å². The summed E-state index contributed by atoms with van der Waals surface area (Å²) in [4.78, 5) is 0. The first kappa shape index (κ1) is 9.22. The first-order chi connectivity index (χ1) is 5.74. The Morgan fingerprint density at radius 1 is 1.75 bits per heavy atom. The van der Waals surface area contributed by atoms with E-state index in [0.717, 1.165) is 6.54 Å². The van der Waals surface area contributed by atoms with Crippen LogP contribution in [0.2, 0.25) is 0 Å². The van der Waals surface area contributed by atoms with Gasteiger partial charge in [-0.3, -0.25) is 4.68 Å². The van der Waals surface area contributed by atoms with Crippen molar-refractivity contribution in [1.29, 1.82) is 0 Å². The Hall–Kier alpha value is -0.870. The zero-order valence-electron chi connectivity index (χ0n) is 7.62. The average molecular weight is 168 g/mol. The molecule has 0 bridgehead atoms. The Balaban J connectivity index is 2.38. The Bertz CT molecular complexity index is 231. The summed E-state index contributed by atoms with van der Waals surface area (Å²) in [5.41, 5.74) is 6.64. The van der Waals surface area contributed by atoms with Crippen molar-refractivity contribution < 1.29 is 0 Å². The van der Waals surface area contributed by atoms with E-state index in [1.165, 1.54) is 5.69 Å². The van der Waals surface area contributed by atoms with Gasteiger partial charge in [-0.15, -0.1) is 0 Å². The minimum Gasteiger partial charge on any atom is -0.329 e. The number of nitrogens with two attached hydrogens (primary N) is 1. The molecule has 0 saturated carbocycles. The van der Waals surface area contributed by atoms with Crippen molar-refractivity contribution in [1.82, 2.24) is 15.1 Å². The molecule has 1 rings (SSSR count). The summed E-state index contributed by atoms with van der Waals surface area (Å²) >= 11 is 0. The number of hydrogen-bond acceptors (Lipinski definition) is 3. The van der Waals surface area contributed by atoms with Crippen LogP contribution in [0, 0.1) is 0 Å². The molecule has 0 unspecified atom stereocenters. The van der Waals surface area contributed by atoms with E-state index in [-0.39, 0.29) is 0 Å². The number of aryl methyl sites for hydroxylation is 1. The van der Waals surface area contributed by atoms with E-state index < -0.39 is 0 Å². The molecule has 1 aromatic heterocycles. The van der Waals surface area contributed by atoms with Gasteiger partial charge >= 0.3 is 0 Å². The second kappa shape index (κ2) is 4.23. The van der Waals surface area contributed by atoms with Gasteiger partial charge in [0.05, 0.1) is 5.69 Å². The highest BCUT2D eigenvalue weighted by molar-refractivity contribution is 4.99. The van der Waals surface area contributed by atoms with E-state index in [1.807, 2.05) is 17.8 Å². The number of hydrogen-bond donors (Lipinski definition) is 2. The molecule has 4 heteroatoms. The zero-order chi connectivity index (χ0) is 8.97.